The zero-order valence-electron chi connectivity index (χ0n) is 13.2. The molecule has 2 atom stereocenters. The summed E-state index contributed by atoms with van der Waals surface area (Å²) < 4.78 is 0. The highest BCUT2D eigenvalue weighted by atomic mass is 16.6. The van der Waals surface area contributed by atoms with Gasteiger partial charge >= 0.3 is 0 Å². The zero-order valence-corrected chi connectivity index (χ0v) is 13.2. The van der Waals surface area contributed by atoms with Gasteiger partial charge in [0, 0.05) is 25.2 Å². The molecule has 126 valence electrons. The molecule has 0 bridgehead atoms. The summed E-state index contributed by atoms with van der Waals surface area (Å²) in [6.07, 6.45) is 2.89. The van der Waals surface area contributed by atoms with Crippen LogP contribution in [0.15, 0.2) is 24.3 Å². The molecule has 1 heterocycles. The smallest absolute Gasteiger partial charge is 0.292 e. The van der Waals surface area contributed by atoms with Crippen LogP contribution < -0.4 is 21.5 Å². The molecule has 2 unspecified atom stereocenters. The molecule has 1 aromatic carbocycles. The van der Waals surface area contributed by atoms with E-state index in [1.54, 1.807) is 18.2 Å². The highest BCUT2D eigenvalue weighted by Crippen LogP contribution is 2.22. The van der Waals surface area contributed by atoms with Gasteiger partial charge in [0.25, 0.3) is 5.69 Å². The Balaban J connectivity index is 1.72. The molecule has 8 nitrogen and oxygen atoms in total. The summed E-state index contributed by atoms with van der Waals surface area (Å²) >= 11 is 0. The molecule has 1 aliphatic heterocycles. The fourth-order valence-electron chi connectivity index (χ4n) is 2.62. The number of hydrazine groups is 1. The van der Waals surface area contributed by atoms with Gasteiger partial charge in [-0.1, -0.05) is 25.5 Å². The van der Waals surface area contributed by atoms with Crippen molar-refractivity contribution in [2.24, 2.45) is 0 Å². The molecule has 0 aliphatic carbocycles. The van der Waals surface area contributed by atoms with Crippen molar-refractivity contribution in [3.05, 3.63) is 34.4 Å². The van der Waals surface area contributed by atoms with Gasteiger partial charge in [-0.2, -0.15) is 0 Å². The second-order valence-corrected chi connectivity index (χ2v) is 5.55. The number of nitro benzene ring substituents is 1. The normalized spacial score (nSPS) is 20.2. The third kappa shape index (κ3) is 4.90. The van der Waals surface area contributed by atoms with Gasteiger partial charge in [0.1, 0.15) is 11.7 Å². The lowest BCUT2D eigenvalue weighted by atomic mass is 10.1. The molecular weight excluding hydrogens is 298 g/mol. The van der Waals surface area contributed by atoms with Crippen LogP contribution >= 0.6 is 0 Å². The van der Waals surface area contributed by atoms with E-state index in [1.807, 2.05) is 0 Å². The largest absolute Gasteiger partial charge is 0.378 e. The van der Waals surface area contributed by atoms with Gasteiger partial charge in [-0.05, 0) is 18.9 Å². The standard InChI is InChI=1S/C15H23N5O3/c1-2-5-11-10-13(19-18-11)15(21)17-9-8-16-12-6-3-4-7-14(12)20(22)23/h3-4,6-7,11,13,16,18-19H,2,5,8-10H2,1H3,(H,17,21). The molecular formula is C15H23N5O3. The Morgan fingerprint density at radius 1 is 1.35 bits per heavy atom. The van der Waals surface area contributed by atoms with Gasteiger partial charge in [0.05, 0.1) is 4.92 Å². The summed E-state index contributed by atoms with van der Waals surface area (Å²) in [5.74, 6) is -0.0551. The second-order valence-electron chi connectivity index (χ2n) is 5.55. The number of hydrogen-bond donors (Lipinski definition) is 4. The van der Waals surface area contributed by atoms with Crippen LogP contribution in [0.1, 0.15) is 26.2 Å². The number of nitrogens with one attached hydrogen (secondary N) is 4. The number of anilines is 1. The van der Waals surface area contributed by atoms with Crippen molar-refractivity contribution in [2.75, 3.05) is 18.4 Å². The monoisotopic (exact) mass is 321 g/mol. The molecule has 1 aliphatic rings. The molecule has 4 N–H and O–H groups in total. The number of benzene rings is 1. The molecule has 1 amide bonds. The van der Waals surface area contributed by atoms with Gasteiger partial charge in [0.15, 0.2) is 0 Å². The van der Waals surface area contributed by atoms with E-state index < -0.39 is 4.92 Å². The summed E-state index contributed by atoms with van der Waals surface area (Å²) in [5.41, 5.74) is 6.61. The summed E-state index contributed by atoms with van der Waals surface area (Å²) in [5, 5.41) is 16.7. The summed E-state index contributed by atoms with van der Waals surface area (Å²) in [6.45, 7) is 2.94. The number of hydrogen-bond acceptors (Lipinski definition) is 6. The van der Waals surface area contributed by atoms with E-state index in [2.05, 4.69) is 28.4 Å². The van der Waals surface area contributed by atoms with Crippen LogP contribution in [0.5, 0.6) is 0 Å². The third-order valence-corrected chi connectivity index (χ3v) is 3.78. The average molecular weight is 321 g/mol. The first-order valence-corrected chi connectivity index (χ1v) is 7.88. The molecule has 2 rings (SSSR count). The van der Waals surface area contributed by atoms with Gasteiger partial charge in [-0.25, -0.2) is 5.43 Å². The molecule has 0 spiro atoms. The quantitative estimate of drug-likeness (QED) is 0.325. The number of carbonyl (C=O) groups excluding carboxylic acids is 1. The van der Waals surface area contributed by atoms with Crippen molar-refractivity contribution in [3.63, 3.8) is 0 Å². The lowest BCUT2D eigenvalue weighted by Crippen LogP contribution is -2.44. The molecule has 8 heteroatoms. The number of rotatable bonds is 8. The first-order valence-electron chi connectivity index (χ1n) is 7.88. The number of nitrogens with zero attached hydrogens (tertiary/aromatic N) is 1. The Kier molecular flexibility index (Phi) is 6.30. The highest BCUT2D eigenvalue weighted by Gasteiger charge is 2.28. The van der Waals surface area contributed by atoms with Crippen molar-refractivity contribution >= 4 is 17.3 Å². The van der Waals surface area contributed by atoms with Gasteiger partial charge in [0.2, 0.25) is 5.91 Å². The van der Waals surface area contributed by atoms with E-state index in [1.165, 1.54) is 6.07 Å². The van der Waals surface area contributed by atoms with Crippen LogP contribution in [0.3, 0.4) is 0 Å². The minimum Gasteiger partial charge on any atom is -0.378 e. The van der Waals surface area contributed by atoms with Crippen molar-refractivity contribution in [1.82, 2.24) is 16.2 Å². The maximum atomic E-state index is 12.0. The fourth-order valence-corrected chi connectivity index (χ4v) is 2.62. The van der Waals surface area contributed by atoms with E-state index in [9.17, 15) is 14.9 Å². The van der Waals surface area contributed by atoms with Crippen molar-refractivity contribution in [3.8, 4) is 0 Å². The third-order valence-electron chi connectivity index (χ3n) is 3.78. The summed E-state index contributed by atoms with van der Waals surface area (Å²) in [7, 11) is 0. The van der Waals surface area contributed by atoms with Crippen LogP contribution in [0, 0.1) is 10.1 Å². The number of amides is 1. The summed E-state index contributed by atoms with van der Waals surface area (Å²) in [4.78, 5) is 22.5. The molecule has 1 aromatic rings. The maximum Gasteiger partial charge on any atom is 0.292 e. The van der Waals surface area contributed by atoms with Gasteiger partial charge in [-0.3, -0.25) is 20.3 Å². The maximum absolute atomic E-state index is 12.0. The lowest BCUT2D eigenvalue weighted by Gasteiger charge is -2.11. The Labute approximate surface area is 135 Å². The fraction of sp³-hybridized carbons (Fsp3) is 0.533. The Hall–Kier alpha value is -2.19. The minimum absolute atomic E-state index is 0.0305. The average Bonchev–Trinajstić information content (AvgIpc) is 3.01. The molecule has 0 aromatic heterocycles. The molecule has 0 radical (unpaired) electrons. The van der Waals surface area contributed by atoms with E-state index in [4.69, 9.17) is 0 Å². The second kappa shape index (κ2) is 8.44. The summed E-state index contributed by atoms with van der Waals surface area (Å²) in [6, 6.07) is 6.56. The van der Waals surface area contributed by atoms with E-state index in [0.717, 1.165) is 19.3 Å². The Morgan fingerprint density at radius 2 is 2.13 bits per heavy atom. The molecule has 23 heavy (non-hydrogen) atoms. The molecule has 1 fully saturated rings. The predicted octanol–water partition coefficient (Wildman–Crippen LogP) is 1.16. The topological polar surface area (TPSA) is 108 Å². The van der Waals surface area contributed by atoms with Crippen molar-refractivity contribution in [1.29, 1.82) is 0 Å². The van der Waals surface area contributed by atoms with E-state index in [0.29, 0.717) is 24.8 Å². The van der Waals surface area contributed by atoms with Crippen LogP contribution in [0.25, 0.3) is 0 Å². The lowest BCUT2D eigenvalue weighted by molar-refractivity contribution is -0.384. The van der Waals surface area contributed by atoms with E-state index >= 15 is 0 Å². The molecule has 0 saturated carbocycles. The first-order chi connectivity index (χ1) is 11.1. The van der Waals surface area contributed by atoms with Crippen molar-refractivity contribution < 1.29 is 9.72 Å². The minimum atomic E-state index is -0.428. The van der Waals surface area contributed by atoms with Crippen LogP contribution in [0.2, 0.25) is 0 Å². The highest BCUT2D eigenvalue weighted by molar-refractivity contribution is 5.82. The first kappa shape index (κ1) is 17.2. The number of carbonyl (C=O) groups is 1. The van der Waals surface area contributed by atoms with Crippen LogP contribution in [-0.2, 0) is 4.79 Å². The number of para-hydroxylation sites is 2. The van der Waals surface area contributed by atoms with Crippen LogP contribution in [-0.4, -0.2) is 36.0 Å². The van der Waals surface area contributed by atoms with Crippen LogP contribution in [0.4, 0.5) is 11.4 Å². The van der Waals surface area contributed by atoms with Crippen molar-refractivity contribution in [2.45, 2.75) is 38.3 Å². The molecule has 1 saturated heterocycles. The van der Waals surface area contributed by atoms with E-state index in [-0.39, 0.29) is 17.6 Å². The van der Waals surface area contributed by atoms with Gasteiger partial charge in [-0.15, -0.1) is 0 Å². The SMILES string of the molecule is CCCC1CC(C(=O)NCCNc2ccccc2[N+](=O)[O-])NN1. The zero-order chi connectivity index (χ0) is 16.7. The van der Waals surface area contributed by atoms with Gasteiger partial charge < -0.3 is 10.6 Å². The Morgan fingerprint density at radius 3 is 2.87 bits per heavy atom. The predicted molar refractivity (Wildman–Crippen MR) is 88.0 cm³/mol. The number of nitro groups is 1. The Bertz CT molecular complexity index is 552.